The molecule has 1 aromatic heterocycles. The Labute approximate surface area is 179 Å². The molecule has 1 fully saturated rings. The average Bonchev–Trinajstić information content (AvgIpc) is 3.50. The molecule has 0 aliphatic carbocycles. The van der Waals surface area contributed by atoms with Gasteiger partial charge in [0.25, 0.3) is 5.91 Å². The summed E-state index contributed by atoms with van der Waals surface area (Å²) in [6.07, 6.45) is 2.89. The summed E-state index contributed by atoms with van der Waals surface area (Å²) in [6, 6.07) is 15.1. The van der Waals surface area contributed by atoms with Gasteiger partial charge in [-0.3, -0.25) is 4.79 Å². The van der Waals surface area contributed by atoms with E-state index in [0.29, 0.717) is 49.6 Å². The molecule has 31 heavy (non-hydrogen) atoms. The van der Waals surface area contributed by atoms with E-state index in [1.807, 2.05) is 35.2 Å². The molecule has 6 rings (SSSR count). The molecule has 2 aromatic carbocycles. The highest BCUT2D eigenvalue weighted by Gasteiger charge is 2.42. The fourth-order valence-corrected chi connectivity index (χ4v) is 4.34. The number of hydrogen-bond acceptors (Lipinski definition) is 6. The van der Waals surface area contributed by atoms with Crippen molar-refractivity contribution in [2.45, 2.75) is 25.2 Å². The Balaban J connectivity index is 1.14. The lowest BCUT2D eigenvalue weighted by Crippen LogP contribution is -2.52. The summed E-state index contributed by atoms with van der Waals surface area (Å²) in [5.41, 5.74) is 2.59. The minimum absolute atomic E-state index is 0.0209. The van der Waals surface area contributed by atoms with Gasteiger partial charge in [0.2, 0.25) is 12.6 Å². The van der Waals surface area contributed by atoms with Crippen molar-refractivity contribution in [2.24, 2.45) is 0 Å². The smallest absolute Gasteiger partial charge is 0.254 e. The number of hydrogen-bond donors (Lipinski definition) is 0. The zero-order chi connectivity index (χ0) is 20.8. The van der Waals surface area contributed by atoms with E-state index in [0.717, 1.165) is 22.6 Å². The molecule has 158 valence electrons. The number of furan rings is 1. The van der Waals surface area contributed by atoms with Crippen molar-refractivity contribution in [3.05, 3.63) is 65.9 Å². The molecule has 1 spiro atoms. The highest BCUT2D eigenvalue weighted by Crippen LogP contribution is 2.40. The van der Waals surface area contributed by atoms with E-state index in [-0.39, 0.29) is 12.7 Å². The van der Waals surface area contributed by atoms with Crippen LogP contribution in [0.2, 0.25) is 0 Å². The van der Waals surface area contributed by atoms with E-state index in [9.17, 15) is 4.79 Å². The van der Waals surface area contributed by atoms with Gasteiger partial charge >= 0.3 is 0 Å². The number of likely N-dealkylation sites (tertiary alicyclic amines) is 1. The molecule has 4 heterocycles. The quantitative estimate of drug-likeness (QED) is 0.620. The van der Waals surface area contributed by atoms with Gasteiger partial charge in [-0.05, 0) is 48.5 Å². The standard InChI is InChI=1S/C24H21NO6/c26-23(17-4-6-21-22(13-17)29-15-28-21)25-9-7-24(8-10-25)30-14-18-12-16(3-5-20(18)31-24)19-2-1-11-27-19/h1-6,11-13H,7-10,14-15H2. The predicted octanol–water partition coefficient (Wildman–Crippen LogP) is 4.22. The zero-order valence-corrected chi connectivity index (χ0v) is 16.8. The second-order valence-electron chi connectivity index (χ2n) is 7.96. The van der Waals surface area contributed by atoms with E-state index in [1.54, 1.807) is 24.5 Å². The van der Waals surface area contributed by atoms with E-state index >= 15 is 0 Å². The van der Waals surface area contributed by atoms with Crippen molar-refractivity contribution in [1.29, 1.82) is 0 Å². The van der Waals surface area contributed by atoms with Crippen LogP contribution in [0.15, 0.2) is 59.2 Å². The molecule has 7 heteroatoms. The Morgan fingerprint density at radius 3 is 2.61 bits per heavy atom. The Bertz CT molecular complexity index is 1130. The van der Waals surface area contributed by atoms with Gasteiger partial charge < -0.3 is 28.3 Å². The highest BCUT2D eigenvalue weighted by molar-refractivity contribution is 5.95. The largest absolute Gasteiger partial charge is 0.464 e. The summed E-state index contributed by atoms with van der Waals surface area (Å²) in [5.74, 6) is 2.23. The number of benzene rings is 2. The average molecular weight is 419 g/mol. The van der Waals surface area contributed by atoms with Crippen LogP contribution in [-0.2, 0) is 11.3 Å². The van der Waals surface area contributed by atoms with Gasteiger partial charge in [-0.15, -0.1) is 0 Å². The number of piperidine rings is 1. The number of ether oxygens (including phenoxy) is 4. The molecule has 0 bridgehead atoms. The second-order valence-corrected chi connectivity index (χ2v) is 7.96. The Hall–Kier alpha value is -3.45. The first-order valence-corrected chi connectivity index (χ1v) is 10.4. The molecule has 3 aliphatic rings. The van der Waals surface area contributed by atoms with Crippen LogP contribution in [0.4, 0.5) is 0 Å². The molecule has 3 aliphatic heterocycles. The van der Waals surface area contributed by atoms with Crippen LogP contribution in [0.3, 0.4) is 0 Å². The van der Waals surface area contributed by atoms with Crippen LogP contribution in [0.5, 0.6) is 17.2 Å². The number of carbonyl (C=O) groups is 1. The third kappa shape index (κ3) is 3.21. The van der Waals surface area contributed by atoms with Crippen molar-refractivity contribution in [3.8, 4) is 28.6 Å². The SMILES string of the molecule is O=C(c1ccc2c(c1)OCO2)N1CCC2(CC1)OCc1cc(-c3ccco3)ccc1O2. The van der Waals surface area contributed by atoms with Crippen molar-refractivity contribution in [3.63, 3.8) is 0 Å². The Morgan fingerprint density at radius 2 is 1.77 bits per heavy atom. The van der Waals surface area contributed by atoms with E-state index in [2.05, 4.69) is 0 Å². The summed E-state index contributed by atoms with van der Waals surface area (Å²) in [4.78, 5) is 14.8. The van der Waals surface area contributed by atoms with E-state index in [1.165, 1.54) is 0 Å². The molecule has 1 saturated heterocycles. The van der Waals surface area contributed by atoms with Gasteiger partial charge in [-0.2, -0.15) is 0 Å². The van der Waals surface area contributed by atoms with Crippen LogP contribution in [0, 0.1) is 0 Å². The molecule has 7 nitrogen and oxygen atoms in total. The first-order valence-electron chi connectivity index (χ1n) is 10.4. The van der Waals surface area contributed by atoms with Gasteiger partial charge in [0.1, 0.15) is 11.5 Å². The molecule has 0 radical (unpaired) electrons. The maximum absolute atomic E-state index is 13.0. The van der Waals surface area contributed by atoms with Crippen LogP contribution >= 0.6 is 0 Å². The van der Waals surface area contributed by atoms with Gasteiger partial charge in [0, 0.05) is 42.6 Å². The lowest BCUT2D eigenvalue weighted by atomic mass is 9.99. The Kier molecular flexibility index (Phi) is 4.17. The summed E-state index contributed by atoms with van der Waals surface area (Å²) < 4.78 is 28.7. The fraction of sp³-hybridized carbons (Fsp3) is 0.292. The Morgan fingerprint density at radius 1 is 0.935 bits per heavy atom. The lowest BCUT2D eigenvalue weighted by molar-refractivity contribution is -0.225. The van der Waals surface area contributed by atoms with Crippen LogP contribution in [0.25, 0.3) is 11.3 Å². The maximum Gasteiger partial charge on any atom is 0.254 e. The normalized spacial score (nSPS) is 18.5. The zero-order valence-electron chi connectivity index (χ0n) is 16.8. The summed E-state index contributed by atoms with van der Waals surface area (Å²) in [5, 5.41) is 0. The molecular weight excluding hydrogens is 398 g/mol. The number of carbonyl (C=O) groups excluding carboxylic acids is 1. The maximum atomic E-state index is 13.0. The third-order valence-electron chi connectivity index (χ3n) is 6.08. The second kappa shape index (κ2) is 7.06. The van der Waals surface area contributed by atoms with Crippen molar-refractivity contribution < 1.29 is 28.2 Å². The van der Waals surface area contributed by atoms with Crippen molar-refractivity contribution in [2.75, 3.05) is 19.9 Å². The van der Waals surface area contributed by atoms with Gasteiger partial charge in [-0.25, -0.2) is 0 Å². The van der Waals surface area contributed by atoms with E-state index in [4.69, 9.17) is 23.4 Å². The summed E-state index contributed by atoms with van der Waals surface area (Å²) in [6.45, 7) is 1.79. The predicted molar refractivity (Wildman–Crippen MR) is 110 cm³/mol. The monoisotopic (exact) mass is 419 g/mol. The third-order valence-corrected chi connectivity index (χ3v) is 6.08. The number of fused-ring (bicyclic) bond motifs is 2. The van der Waals surface area contributed by atoms with Gasteiger partial charge in [0.05, 0.1) is 12.9 Å². The molecule has 0 unspecified atom stereocenters. The van der Waals surface area contributed by atoms with Crippen molar-refractivity contribution >= 4 is 5.91 Å². The summed E-state index contributed by atoms with van der Waals surface area (Å²) in [7, 11) is 0. The molecule has 1 amide bonds. The number of rotatable bonds is 2. The first-order chi connectivity index (χ1) is 15.2. The molecular formula is C24H21NO6. The summed E-state index contributed by atoms with van der Waals surface area (Å²) >= 11 is 0. The van der Waals surface area contributed by atoms with Crippen LogP contribution < -0.4 is 14.2 Å². The topological polar surface area (TPSA) is 70.4 Å². The molecule has 3 aromatic rings. The van der Waals surface area contributed by atoms with Crippen LogP contribution in [0.1, 0.15) is 28.8 Å². The van der Waals surface area contributed by atoms with Crippen LogP contribution in [-0.4, -0.2) is 36.5 Å². The first kappa shape index (κ1) is 18.3. The van der Waals surface area contributed by atoms with Gasteiger partial charge in [0.15, 0.2) is 11.5 Å². The number of nitrogens with zero attached hydrogens (tertiary/aromatic N) is 1. The van der Waals surface area contributed by atoms with E-state index < -0.39 is 5.79 Å². The molecule has 0 atom stereocenters. The molecule has 0 saturated carbocycles. The number of amides is 1. The van der Waals surface area contributed by atoms with Gasteiger partial charge in [-0.1, -0.05) is 0 Å². The molecule has 0 N–H and O–H groups in total. The van der Waals surface area contributed by atoms with Crippen molar-refractivity contribution in [1.82, 2.24) is 4.90 Å². The minimum atomic E-state index is -0.690. The lowest BCUT2D eigenvalue weighted by Gasteiger charge is -2.44. The highest BCUT2D eigenvalue weighted by atomic mass is 16.7. The minimum Gasteiger partial charge on any atom is -0.464 e. The fourth-order valence-electron chi connectivity index (χ4n) is 4.34.